The largest absolute Gasteiger partial charge is 0.490 e. The van der Waals surface area contributed by atoms with Crippen LogP contribution in [0.5, 0.6) is 0 Å². The molecule has 0 saturated carbocycles. The van der Waals surface area contributed by atoms with E-state index >= 15 is 0 Å². The van der Waals surface area contributed by atoms with Crippen LogP contribution in [-0.4, -0.2) is 41.3 Å². The van der Waals surface area contributed by atoms with Gasteiger partial charge in [0.15, 0.2) is 0 Å². The average Bonchev–Trinajstić information content (AvgIpc) is 2.10. The molecule has 1 radical (unpaired) electrons. The molecule has 0 aromatic carbocycles. The summed E-state index contributed by atoms with van der Waals surface area (Å²) in [6.07, 6.45) is 2.56. The molecule has 0 aromatic heterocycles. The van der Waals surface area contributed by atoms with Gasteiger partial charge in [-0.25, -0.2) is 0 Å². The van der Waals surface area contributed by atoms with Crippen molar-refractivity contribution in [3.05, 3.63) is 0 Å². The molecule has 0 unspecified atom stereocenters. The second-order valence-electron chi connectivity index (χ2n) is 3.34. The Balaban J connectivity index is 2.32. The lowest BCUT2D eigenvalue weighted by molar-refractivity contribution is 0.169. The van der Waals surface area contributed by atoms with E-state index in [-0.39, 0.29) is 0 Å². The predicted molar refractivity (Wildman–Crippen MR) is 49.7 cm³/mol. The summed E-state index contributed by atoms with van der Waals surface area (Å²) in [5.41, 5.74) is 0. The molecule has 1 heterocycles. The van der Waals surface area contributed by atoms with Crippen LogP contribution in [0.2, 0.25) is 0 Å². The molecule has 1 saturated heterocycles. The fraction of sp³-hybridized carbons (Fsp3) is 1.00. The predicted octanol–water partition coefficient (Wildman–Crippen LogP) is 0.996. The van der Waals surface area contributed by atoms with Crippen molar-refractivity contribution < 1.29 is 8.85 Å². The van der Waals surface area contributed by atoms with Gasteiger partial charge in [0.25, 0.3) is 0 Å². The summed E-state index contributed by atoms with van der Waals surface area (Å²) in [6.45, 7) is 4.58. The zero-order valence-electron chi connectivity index (χ0n) is 8.17. The second kappa shape index (κ2) is 4.96. The maximum atomic E-state index is 5.28. The molecule has 0 amide bonds. The Morgan fingerprint density at radius 3 is 2.08 bits per heavy atom. The van der Waals surface area contributed by atoms with Crippen molar-refractivity contribution in [2.45, 2.75) is 19.8 Å². The minimum atomic E-state index is -1.11. The smallest absolute Gasteiger partial charge is 0.384 e. The summed E-state index contributed by atoms with van der Waals surface area (Å²) in [5.74, 6) is 0.873. The number of hydrogen-bond acceptors (Lipinski definition) is 3. The third-order valence-corrected chi connectivity index (χ3v) is 4.05. The summed E-state index contributed by atoms with van der Waals surface area (Å²) in [4.78, 5) is 0. The van der Waals surface area contributed by atoms with Crippen molar-refractivity contribution in [1.29, 1.82) is 0 Å². The highest BCUT2D eigenvalue weighted by atomic mass is 28.3. The van der Waals surface area contributed by atoms with E-state index in [9.17, 15) is 0 Å². The van der Waals surface area contributed by atoms with E-state index in [0.717, 1.165) is 19.0 Å². The molecule has 0 spiro atoms. The topological polar surface area (TPSA) is 21.7 Å². The van der Waals surface area contributed by atoms with E-state index in [1.54, 1.807) is 14.2 Å². The standard InChI is InChI=1S/C8H18NO2Si/c1-8-4-6-9(7-5-8)12(10-2)11-3/h8H,4-7H2,1-3H3. The lowest BCUT2D eigenvalue weighted by Gasteiger charge is -2.32. The fourth-order valence-electron chi connectivity index (χ4n) is 1.53. The molecule has 12 heavy (non-hydrogen) atoms. The number of nitrogens with zero attached hydrogens (tertiary/aromatic N) is 1. The highest BCUT2D eigenvalue weighted by Gasteiger charge is 2.27. The molecule has 4 heteroatoms. The first-order valence-electron chi connectivity index (χ1n) is 4.47. The molecule has 71 valence electrons. The van der Waals surface area contributed by atoms with Crippen molar-refractivity contribution in [1.82, 2.24) is 4.57 Å². The maximum Gasteiger partial charge on any atom is 0.490 e. The van der Waals surface area contributed by atoms with Gasteiger partial charge in [-0.1, -0.05) is 6.92 Å². The lowest BCUT2D eigenvalue weighted by atomic mass is 10.0. The third-order valence-electron chi connectivity index (χ3n) is 2.39. The minimum Gasteiger partial charge on any atom is -0.384 e. The minimum absolute atomic E-state index is 0.873. The summed E-state index contributed by atoms with van der Waals surface area (Å²) in [5, 5.41) is 0. The Labute approximate surface area is 76.6 Å². The van der Waals surface area contributed by atoms with E-state index in [1.807, 2.05) is 0 Å². The number of rotatable bonds is 3. The number of hydrogen-bond donors (Lipinski definition) is 0. The van der Waals surface area contributed by atoms with Crippen LogP contribution in [0.15, 0.2) is 0 Å². The molecular formula is C8H18NO2Si. The van der Waals surface area contributed by atoms with E-state index in [0.29, 0.717) is 0 Å². The summed E-state index contributed by atoms with van der Waals surface area (Å²) >= 11 is 0. The van der Waals surface area contributed by atoms with E-state index in [2.05, 4.69) is 11.5 Å². The van der Waals surface area contributed by atoms with Crippen LogP contribution >= 0.6 is 0 Å². The van der Waals surface area contributed by atoms with Gasteiger partial charge in [-0.05, 0) is 31.8 Å². The highest BCUT2D eigenvalue weighted by Crippen LogP contribution is 2.16. The van der Waals surface area contributed by atoms with Gasteiger partial charge >= 0.3 is 9.45 Å². The maximum absolute atomic E-state index is 5.28. The average molecular weight is 188 g/mol. The van der Waals surface area contributed by atoms with E-state index < -0.39 is 9.45 Å². The van der Waals surface area contributed by atoms with Gasteiger partial charge in [-0.2, -0.15) is 0 Å². The monoisotopic (exact) mass is 188 g/mol. The Morgan fingerprint density at radius 1 is 1.17 bits per heavy atom. The molecule has 3 nitrogen and oxygen atoms in total. The van der Waals surface area contributed by atoms with E-state index in [1.165, 1.54) is 12.8 Å². The van der Waals surface area contributed by atoms with Crippen LogP contribution in [-0.2, 0) is 8.85 Å². The Bertz CT molecular complexity index is 122. The fourth-order valence-corrected chi connectivity index (χ4v) is 2.84. The molecular weight excluding hydrogens is 170 g/mol. The second-order valence-corrected chi connectivity index (χ2v) is 5.32. The molecule has 1 rings (SSSR count). The van der Waals surface area contributed by atoms with Gasteiger partial charge in [0.2, 0.25) is 0 Å². The molecule has 0 aromatic rings. The van der Waals surface area contributed by atoms with Gasteiger partial charge in [0.05, 0.1) is 0 Å². The van der Waals surface area contributed by atoms with Gasteiger partial charge in [0, 0.05) is 14.2 Å². The molecule has 0 N–H and O–H groups in total. The van der Waals surface area contributed by atoms with Crippen LogP contribution in [0.4, 0.5) is 0 Å². The molecule has 1 fully saturated rings. The van der Waals surface area contributed by atoms with Crippen LogP contribution < -0.4 is 0 Å². The summed E-state index contributed by atoms with van der Waals surface area (Å²) < 4.78 is 12.9. The highest BCUT2D eigenvalue weighted by molar-refractivity contribution is 6.40. The summed E-state index contributed by atoms with van der Waals surface area (Å²) in [7, 11) is 2.35. The van der Waals surface area contributed by atoms with Gasteiger partial charge in [0.1, 0.15) is 0 Å². The van der Waals surface area contributed by atoms with Crippen molar-refractivity contribution >= 4 is 9.45 Å². The molecule has 1 aliphatic heterocycles. The van der Waals surface area contributed by atoms with Crippen molar-refractivity contribution in [3.63, 3.8) is 0 Å². The number of piperidine rings is 1. The van der Waals surface area contributed by atoms with Crippen molar-refractivity contribution in [3.8, 4) is 0 Å². The Hall–Kier alpha value is 0.0969. The summed E-state index contributed by atoms with van der Waals surface area (Å²) in [6, 6.07) is 0. The molecule has 0 bridgehead atoms. The lowest BCUT2D eigenvalue weighted by Crippen LogP contribution is -2.47. The van der Waals surface area contributed by atoms with E-state index in [4.69, 9.17) is 8.85 Å². The van der Waals surface area contributed by atoms with Crippen LogP contribution in [0.1, 0.15) is 19.8 Å². The third kappa shape index (κ3) is 2.55. The molecule has 0 atom stereocenters. The van der Waals surface area contributed by atoms with Crippen LogP contribution in [0.3, 0.4) is 0 Å². The zero-order valence-corrected chi connectivity index (χ0v) is 9.17. The Kier molecular flexibility index (Phi) is 4.21. The van der Waals surface area contributed by atoms with Crippen molar-refractivity contribution in [2.24, 2.45) is 5.92 Å². The van der Waals surface area contributed by atoms with Gasteiger partial charge in [-0.3, -0.25) is 4.57 Å². The first-order valence-corrected chi connectivity index (χ1v) is 5.74. The first kappa shape index (κ1) is 10.2. The normalized spacial score (nSPS) is 22.0. The van der Waals surface area contributed by atoms with Crippen LogP contribution in [0.25, 0.3) is 0 Å². The molecule has 0 aliphatic carbocycles. The zero-order chi connectivity index (χ0) is 8.97. The first-order chi connectivity index (χ1) is 5.77. The quantitative estimate of drug-likeness (QED) is 0.617. The van der Waals surface area contributed by atoms with Gasteiger partial charge in [-0.15, -0.1) is 0 Å². The van der Waals surface area contributed by atoms with Crippen molar-refractivity contribution in [2.75, 3.05) is 27.3 Å². The van der Waals surface area contributed by atoms with Crippen LogP contribution in [0, 0.1) is 5.92 Å². The SMILES string of the molecule is CO[Si](OC)N1CCC(C)CC1. The van der Waals surface area contributed by atoms with Gasteiger partial charge < -0.3 is 8.85 Å². The Morgan fingerprint density at radius 2 is 1.67 bits per heavy atom. The molecule has 1 aliphatic rings.